The summed E-state index contributed by atoms with van der Waals surface area (Å²) in [5.74, 6) is 3.23. The largest absolute Gasteiger partial charge is 0.490 e. The average molecular weight is 575 g/mol. The van der Waals surface area contributed by atoms with Crippen LogP contribution in [0.1, 0.15) is 25.7 Å². The molecule has 0 aliphatic carbocycles. The second-order valence-corrected chi connectivity index (χ2v) is 12.2. The third kappa shape index (κ3) is 9.93. The lowest BCUT2D eigenvalue weighted by atomic mass is 10.0. The molecule has 2 atom stereocenters. The van der Waals surface area contributed by atoms with Crippen LogP contribution in [-0.2, 0) is 0 Å². The number of rotatable bonds is 17. The summed E-state index contributed by atoms with van der Waals surface area (Å²) >= 11 is 0. The van der Waals surface area contributed by atoms with Gasteiger partial charge in [-0.05, 0) is 36.1 Å². The number of aliphatic hydroxyl groups is 2. The highest BCUT2D eigenvalue weighted by molar-refractivity contribution is 8.76. The van der Waals surface area contributed by atoms with Crippen LogP contribution in [0, 0.1) is 0 Å². The maximum atomic E-state index is 10.4. The average Bonchev–Trinajstić information content (AvgIpc) is 3.01. The molecule has 0 saturated heterocycles. The molecule has 4 nitrogen and oxygen atoms in total. The molecule has 0 spiro atoms. The van der Waals surface area contributed by atoms with E-state index in [1.807, 2.05) is 84.9 Å². The molecule has 0 aromatic heterocycles. The minimum Gasteiger partial charge on any atom is -0.490 e. The molecule has 4 aromatic rings. The zero-order valence-electron chi connectivity index (χ0n) is 22.7. The Hall–Kier alpha value is -2.90. The monoisotopic (exact) mass is 574 g/mol. The van der Waals surface area contributed by atoms with Gasteiger partial charge in [0.25, 0.3) is 0 Å². The smallest absolute Gasteiger partial charge is 0.127 e. The number of hydrogen-bond donors (Lipinski definition) is 2. The first-order valence-electron chi connectivity index (χ1n) is 13.9. The minimum atomic E-state index is -0.525. The molecule has 0 amide bonds. The van der Waals surface area contributed by atoms with Crippen molar-refractivity contribution >= 4 is 21.6 Å². The number of benzene rings is 4. The zero-order valence-corrected chi connectivity index (χ0v) is 24.4. The summed E-state index contributed by atoms with van der Waals surface area (Å²) in [4.78, 5) is 0. The van der Waals surface area contributed by atoms with Gasteiger partial charge < -0.3 is 19.7 Å². The second-order valence-electron chi connectivity index (χ2n) is 9.61. The van der Waals surface area contributed by atoms with Crippen LogP contribution in [0.3, 0.4) is 0 Å². The number of ether oxygens (including phenoxy) is 2. The lowest BCUT2D eigenvalue weighted by molar-refractivity contribution is 0.0979. The fourth-order valence-electron chi connectivity index (χ4n) is 4.30. The van der Waals surface area contributed by atoms with Crippen LogP contribution >= 0.6 is 21.6 Å². The van der Waals surface area contributed by atoms with Crippen molar-refractivity contribution in [2.24, 2.45) is 0 Å². The van der Waals surface area contributed by atoms with Gasteiger partial charge in [0.05, 0.1) is 12.2 Å². The van der Waals surface area contributed by atoms with Gasteiger partial charge >= 0.3 is 0 Å². The van der Waals surface area contributed by atoms with E-state index < -0.39 is 12.2 Å². The van der Waals surface area contributed by atoms with Crippen molar-refractivity contribution in [3.8, 4) is 33.8 Å². The predicted octanol–water partition coefficient (Wildman–Crippen LogP) is 8.14. The van der Waals surface area contributed by atoms with Gasteiger partial charge in [-0.1, -0.05) is 131 Å². The van der Waals surface area contributed by atoms with Crippen molar-refractivity contribution in [2.45, 2.75) is 37.9 Å². The molecule has 4 aromatic carbocycles. The van der Waals surface area contributed by atoms with Crippen molar-refractivity contribution in [1.82, 2.24) is 0 Å². The van der Waals surface area contributed by atoms with Crippen LogP contribution in [0.4, 0.5) is 0 Å². The third-order valence-electron chi connectivity index (χ3n) is 6.41. The Morgan fingerprint density at radius 2 is 1.02 bits per heavy atom. The first kappa shape index (κ1) is 30.1. The molecule has 6 heteroatoms. The number of unbranched alkanes of at least 4 members (excludes halogenated alkanes) is 2. The van der Waals surface area contributed by atoms with E-state index in [1.54, 1.807) is 21.6 Å². The molecule has 4 rings (SSSR count). The van der Waals surface area contributed by atoms with Crippen LogP contribution in [0.2, 0.25) is 0 Å². The van der Waals surface area contributed by atoms with Gasteiger partial charge in [-0.25, -0.2) is 0 Å². The van der Waals surface area contributed by atoms with Crippen molar-refractivity contribution in [2.75, 3.05) is 24.7 Å². The Morgan fingerprint density at radius 3 is 1.60 bits per heavy atom. The molecule has 0 heterocycles. The Morgan fingerprint density at radius 1 is 0.525 bits per heavy atom. The Kier molecular flexibility index (Phi) is 12.8. The molecule has 2 N–H and O–H groups in total. The predicted molar refractivity (Wildman–Crippen MR) is 170 cm³/mol. The summed E-state index contributed by atoms with van der Waals surface area (Å²) in [6.45, 7) is 0.567. The summed E-state index contributed by atoms with van der Waals surface area (Å²) < 4.78 is 11.9. The molecule has 2 unspecified atom stereocenters. The third-order valence-corrected chi connectivity index (χ3v) is 8.97. The van der Waals surface area contributed by atoms with Crippen molar-refractivity contribution in [3.63, 3.8) is 0 Å². The molecule has 40 heavy (non-hydrogen) atoms. The van der Waals surface area contributed by atoms with Gasteiger partial charge in [-0.2, -0.15) is 0 Å². The van der Waals surface area contributed by atoms with Crippen molar-refractivity contribution in [3.05, 3.63) is 109 Å². The molecular formula is C34H38O4S2. The molecular weight excluding hydrogens is 537 g/mol. The molecule has 0 aliphatic heterocycles. The molecule has 0 bridgehead atoms. The van der Waals surface area contributed by atoms with E-state index in [1.165, 1.54) is 0 Å². The first-order valence-corrected chi connectivity index (χ1v) is 16.3. The highest BCUT2D eigenvalue weighted by atomic mass is 33.1. The van der Waals surface area contributed by atoms with Gasteiger partial charge in [0.1, 0.15) is 24.7 Å². The zero-order chi connectivity index (χ0) is 27.8. The van der Waals surface area contributed by atoms with E-state index in [4.69, 9.17) is 9.47 Å². The molecule has 0 saturated carbocycles. The summed E-state index contributed by atoms with van der Waals surface area (Å²) in [5.41, 5.74) is 4.28. The SMILES string of the molecule is OC(CCCCCSSCC(O)COc1ccccc1-c1ccccc1)COc1ccccc1-c1ccccc1. The number of aliphatic hydroxyl groups excluding tert-OH is 2. The minimum absolute atomic E-state index is 0.271. The van der Waals surface area contributed by atoms with E-state index in [0.717, 1.165) is 65.2 Å². The fraction of sp³-hybridized carbons (Fsp3) is 0.294. The van der Waals surface area contributed by atoms with Crippen LogP contribution < -0.4 is 9.47 Å². The van der Waals surface area contributed by atoms with E-state index in [2.05, 4.69) is 24.3 Å². The lowest BCUT2D eigenvalue weighted by Gasteiger charge is -2.15. The van der Waals surface area contributed by atoms with Gasteiger partial charge in [-0.3, -0.25) is 0 Å². The quantitative estimate of drug-likeness (QED) is 0.0981. The lowest BCUT2D eigenvalue weighted by Crippen LogP contribution is -2.20. The van der Waals surface area contributed by atoms with Gasteiger partial charge in [0.15, 0.2) is 0 Å². The second kappa shape index (κ2) is 17.0. The normalized spacial score (nSPS) is 12.6. The van der Waals surface area contributed by atoms with E-state index in [9.17, 15) is 10.2 Å². The van der Waals surface area contributed by atoms with Crippen LogP contribution in [0.25, 0.3) is 22.3 Å². The van der Waals surface area contributed by atoms with Gasteiger partial charge in [0, 0.05) is 22.6 Å². The number of para-hydroxylation sites is 2. The molecule has 0 aliphatic rings. The van der Waals surface area contributed by atoms with Crippen LogP contribution in [-0.4, -0.2) is 47.1 Å². The van der Waals surface area contributed by atoms with E-state index in [-0.39, 0.29) is 6.61 Å². The maximum absolute atomic E-state index is 10.4. The highest BCUT2D eigenvalue weighted by Gasteiger charge is 2.11. The fourth-order valence-corrected chi connectivity index (χ4v) is 6.56. The first-order chi connectivity index (χ1) is 19.7. The van der Waals surface area contributed by atoms with Gasteiger partial charge in [0.2, 0.25) is 0 Å². The summed E-state index contributed by atoms with van der Waals surface area (Å²) in [5, 5.41) is 20.8. The van der Waals surface area contributed by atoms with E-state index >= 15 is 0 Å². The molecule has 210 valence electrons. The van der Waals surface area contributed by atoms with Crippen LogP contribution in [0.15, 0.2) is 109 Å². The summed E-state index contributed by atoms with van der Waals surface area (Å²) in [6, 6.07) is 36.2. The Balaban J connectivity index is 1.05. The number of hydrogen-bond acceptors (Lipinski definition) is 6. The van der Waals surface area contributed by atoms with Gasteiger partial charge in [-0.15, -0.1) is 0 Å². The maximum Gasteiger partial charge on any atom is 0.127 e. The molecule has 0 fully saturated rings. The standard InChI is InChI=1S/C34H38O4S2/c35-29(24-37-33-21-11-9-19-31(33)27-14-4-1-5-15-27)18-8-3-13-23-39-40-26-30(36)25-38-34-22-12-10-20-32(34)28-16-6-2-7-17-28/h1-2,4-7,9-12,14-17,19-22,29-30,35-36H,3,8,13,18,23-26H2. The highest BCUT2D eigenvalue weighted by Crippen LogP contribution is 2.31. The summed E-state index contributed by atoms with van der Waals surface area (Å²) in [6.07, 6.45) is 2.84. The Bertz CT molecular complexity index is 1150. The Labute approximate surface area is 246 Å². The van der Waals surface area contributed by atoms with Crippen molar-refractivity contribution in [1.29, 1.82) is 0 Å². The molecule has 0 radical (unpaired) electrons. The van der Waals surface area contributed by atoms with Crippen LogP contribution in [0.5, 0.6) is 11.5 Å². The summed E-state index contributed by atoms with van der Waals surface area (Å²) in [7, 11) is 3.47. The van der Waals surface area contributed by atoms with E-state index in [0.29, 0.717) is 12.4 Å². The topological polar surface area (TPSA) is 58.9 Å². The van der Waals surface area contributed by atoms with Crippen molar-refractivity contribution < 1.29 is 19.7 Å².